The van der Waals surface area contributed by atoms with Crippen molar-refractivity contribution in [1.82, 2.24) is 15.2 Å². The van der Waals surface area contributed by atoms with E-state index in [1.807, 2.05) is 31.2 Å². The topological polar surface area (TPSA) is 189 Å². The number of alkyl halides is 9. The molecule has 0 saturated carbocycles. The second-order valence-electron chi connectivity index (χ2n) is 9.52. The number of carboxylic acids is 3. The Hall–Kier alpha value is -5.61. The van der Waals surface area contributed by atoms with Crippen LogP contribution in [0.4, 0.5) is 52.7 Å². The van der Waals surface area contributed by atoms with Crippen LogP contribution in [0.15, 0.2) is 48.8 Å². The number of benzene rings is 2. The summed E-state index contributed by atoms with van der Waals surface area (Å²) >= 11 is 0. The largest absolute Gasteiger partial charge is 0.490 e. The molecule has 23 heteroatoms. The molecule has 0 aliphatic carbocycles. The van der Waals surface area contributed by atoms with Crippen LogP contribution in [-0.2, 0) is 20.8 Å². The maximum atomic E-state index is 13.8. The Morgan fingerprint density at radius 2 is 1.25 bits per heavy atom. The highest BCUT2D eigenvalue weighted by molar-refractivity contribution is 5.86. The number of hydrogen-bond donors (Lipinski definition) is 5. The Bertz CT molecular complexity index is 1730. The highest BCUT2D eigenvalue weighted by atomic mass is 19.4. The number of aliphatic carboxylic acids is 3. The molecule has 4 aromatic rings. The van der Waals surface area contributed by atoms with Gasteiger partial charge in [-0.2, -0.15) is 44.6 Å². The Morgan fingerprint density at radius 3 is 1.71 bits per heavy atom. The minimum Gasteiger partial charge on any atom is -0.490 e. The third-order valence-electron chi connectivity index (χ3n) is 5.55. The van der Waals surface area contributed by atoms with Crippen LogP contribution in [-0.4, -0.2) is 79.6 Å². The smallest absolute Gasteiger partial charge is 0.490 e. The van der Waals surface area contributed by atoms with Crippen molar-refractivity contribution in [2.24, 2.45) is 5.73 Å². The second-order valence-corrected chi connectivity index (χ2v) is 9.52. The van der Waals surface area contributed by atoms with Crippen LogP contribution in [0, 0.1) is 24.4 Å². The third kappa shape index (κ3) is 14.8. The number of carbonyl (C=O) groups is 3. The van der Waals surface area contributed by atoms with E-state index >= 15 is 0 Å². The molecule has 280 valence electrons. The first-order valence-corrected chi connectivity index (χ1v) is 13.1. The summed E-state index contributed by atoms with van der Waals surface area (Å²) in [4.78, 5) is 30.9. The van der Waals surface area contributed by atoms with Crippen molar-refractivity contribution in [3.63, 3.8) is 0 Å². The van der Waals surface area contributed by atoms with Gasteiger partial charge in [0.1, 0.15) is 29.8 Å². The number of aryl methyl sites for hydroxylation is 1. The van der Waals surface area contributed by atoms with E-state index in [2.05, 4.69) is 15.2 Å². The van der Waals surface area contributed by atoms with Crippen LogP contribution in [0.3, 0.4) is 0 Å². The van der Waals surface area contributed by atoms with E-state index in [4.69, 9.17) is 40.2 Å². The SMILES string of the molecule is Cc1[nH]nc2ccc(-c3cncc(OC[C@@H](N)Cc4c(F)cc(F)cc4F)c3)cc12.O=C(O)C(F)(F)F.O=C(O)C(F)(F)F.O=C(O)C(F)(F)F. The lowest BCUT2D eigenvalue weighted by atomic mass is 10.0. The third-order valence-corrected chi connectivity index (χ3v) is 5.55. The minimum atomic E-state index is -5.08. The first kappa shape index (κ1) is 43.4. The number of H-pyrrole nitrogens is 1. The van der Waals surface area contributed by atoms with Gasteiger partial charge in [-0.1, -0.05) is 6.07 Å². The van der Waals surface area contributed by atoms with Crippen LogP contribution >= 0.6 is 0 Å². The zero-order valence-corrected chi connectivity index (χ0v) is 25.1. The van der Waals surface area contributed by atoms with Crippen molar-refractivity contribution in [2.75, 3.05) is 6.61 Å². The van der Waals surface area contributed by atoms with Crippen LogP contribution in [0.2, 0.25) is 0 Å². The van der Waals surface area contributed by atoms with Crippen LogP contribution in [0.25, 0.3) is 22.0 Å². The lowest BCUT2D eigenvalue weighted by Crippen LogP contribution is -2.31. The molecule has 0 amide bonds. The number of ether oxygens (including phenoxy) is 1. The normalized spacial score (nSPS) is 11.9. The molecule has 2 aromatic carbocycles. The van der Waals surface area contributed by atoms with Crippen LogP contribution in [0.1, 0.15) is 11.3 Å². The zero-order chi connectivity index (χ0) is 39.5. The van der Waals surface area contributed by atoms with Gasteiger partial charge in [-0.25, -0.2) is 27.6 Å². The van der Waals surface area contributed by atoms with Gasteiger partial charge in [0.25, 0.3) is 0 Å². The molecule has 0 radical (unpaired) electrons. The van der Waals surface area contributed by atoms with E-state index in [1.54, 1.807) is 6.20 Å². The molecule has 51 heavy (non-hydrogen) atoms. The molecule has 1 atom stereocenters. The van der Waals surface area contributed by atoms with E-state index in [-0.39, 0.29) is 18.6 Å². The summed E-state index contributed by atoms with van der Waals surface area (Å²) < 4.78 is 142. The first-order valence-electron chi connectivity index (χ1n) is 13.1. The standard InChI is InChI=1S/C22H19F3N4O.3C2HF3O2/c1-12-18-5-13(2-3-22(18)29-28-12)14-4-17(10-27-9-14)30-11-16(26)8-19-20(24)6-15(23)7-21(19)25;3*3-2(4,5)1(6)7/h2-7,9-10,16H,8,11,26H2,1H3,(H,28,29);3*(H,6,7)/t16-;;;/m0.../s1. The number of nitrogens with zero attached hydrogens (tertiary/aromatic N) is 2. The van der Waals surface area contributed by atoms with Crippen molar-refractivity contribution >= 4 is 28.8 Å². The van der Waals surface area contributed by atoms with Gasteiger partial charge in [-0.3, -0.25) is 10.1 Å². The fraction of sp³-hybridized carbons (Fsp3) is 0.250. The van der Waals surface area contributed by atoms with Crippen molar-refractivity contribution in [1.29, 1.82) is 0 Å². The van der Waals surface area contributed by atoms with Gasteiger partial charge < -0.3 is 25.8 Å². The molecule has 4 rings (SSSR count). The van der Waals surface area contributed by atoms with Crippen molar-refractivity contribution in [3.8, 4) is 16.9 Å². The fourth-order valence-corrected chi connectivity index (χ4v) is 3.26. The molecule has 11 nitrogen and oxygen atoms in total. The number of rotatable bonds is 6. The number of pyridine rings is 1. The predicted molar refractivity (Wildman–Crippen MR) is 149 cm³/mol. The number of nitrogens with one attached hydrogen (secondary N) is 1. The van der Waals surface area contributed by atoms with Gasteiger partial charge >= 0.3 is 36.4 Å². The maximum Gasteiger partial charge on any atom is 0.490 e. The highest BCUT2D eigenvalue weighted by Crippen LogP contribution is 2.27. The minimum absolute atomic E-state index is 0.0151. The van der Waals surface area contributed by atoms with Gasteiger partial charge in [0, 0.05) is 46.6 Å². The van der Waals surface area contributed by atoms with Gasteiger partial charge in [0.15, 0.2) is 0 Å². The molecule has 0 aliphatic heterocycles. The molecule has 0 spiro atoms. The fourth-order valence-electron chi connectivity index (χ4n) is 3.26. The molecule has 0 bridgehead atoms. The average Bonchev–Trinajstić information content (AvgIpc) is 3.37. The summed E-state index contributed by atoms with van der Waals surface area (Å²) in [6.07, 6.45) is -12.1. The van der Waals surface area contributed by atoms with Crippen molar-refractivity contribution in [2.45, 2.75) is 37.9 Å². The van der Waals surface area contributed by atoms with E-state index in [0.717, 1.165) is 27.7 Å². The van der Waals surface area contributed by atoms with E-state index in [1.165, 1.54) is 6.20 Å². The van der Waals surface area contributed by atoms with E-state index in [9.17, 15) is 52.7 Å². The Kier molecular flexibility index (Phi) is 15.2. The lowest BCUT2D eigenvalue weighted by Gasteiger charge is -2.15. The molecule has 0 unspecified atom stereocenters. The number of carboxylic acid groups (broad SMARTS) is 3. The summed E-state index contributed by atoms with van der Waals surface area (Å²) in [6.45, 7) is 1.96. The van der Waals surface area contributed by atoms with Gasteiger partial charge in [0.2, 0.25) is 0 Å². The zero-order valence-electron chi connectivity index (χ0n) is 25.1. The highest BCUT2D eigenvalue weighted by Gasteiger charge is 2.39. The number of aromatic nitrogens is 3. The first-order chi connectivity index (χ1) is 23.2. The summed E-state index contributed by atoms with van der Waals surface area (Å²) in [6, 6.07) is 8.28. The summed E-state index contributed by atoms with van der Waals surface area (Å²) in [5, 5.41) is 29.6. The van der Waals surface area contributed by atoms with E-state index in [0.29, 0.717) is 17.9 Å². The van der Waals surface area contributed by atoms with Crippen LogP contribution in [0.5, 0.6) is 5.75 Å². The average molecular weight is 754 g/mol. The number of aromatic amines is 1. The van der Waals surface area contributed by atoms with E-state index < -0.39 is 59.9 Å². The molecule has 0 saturated heterocycles. The number of halogens is 12. The molecular formula is C28H22F12N4O7. The van der Waals surface area contributed by atoms with Gasteiger partial charge in [-0.15, -0.1) is 0 Å². The predicted octanol–water partition coefficient (Wildman–Crippen LogP) is 6.20. The van der Waals surface area contributed by atoms with Gasteiger partial charge in [-0.05, 0) is 37.1 Å². The monoisotopic (exact) mass is 754 g/mol. The lowest BCUT2D eigenvalue weighted by molar-refractivity contribution is -0.193. The quantitative estimate of drug-likeness (QED) is 0.142. The molecule has 0 fully saturated rings. The Labute approximate surface area is 276 Å². The van der Waals surface area contributed by atoms with Crippen LogP contribution < -0.4 is 10.5 Å². The van der Waals surface area contributed by atoms with Gasteiger partial charge in [0.05, 0.1) is 11.7 Å². The van der Waals surface area contributed by atoms with Crippen molar-refractivity contribution < 1.29 is 87.1 Å². The van der Waals surface area contributed by atoms with Crippen molar-refractivity contribution in [3.05, 3.63) is 77.5 Å². The summed E-state index contributed by atoms with van der Waals surface area (Å²) in [5.74, 6) is -10.7. The summed E-state index contributed by atoms with van der Waals surface area (Å²) in [7, 11) is 0. The molecule has 2 aromatic heterocycles. The second kappa shape index (κ2) is 17.9. The molecule has 2 heterocycles. The molecule has 6 N–H and O–H groups in total. The molecular weight excluding hydrogens is 732 g/mol. The number of fused-ring (bicyclic) bond motifs is 1. The Morgan fingerprint density at radius 1 is 0.784 bits per heavy atom. The maximum absolute atomic E-state index is 13.8. The summed E-state index contributed by atoms with van der Waals surface area (Å²) in [5.41, 5.74) is 9.35. The molecule has 0 aliphatic rings. The number of nitrogens with two attached hydrogens (primary N) is 1. The number of hydrogen-bond acceptors (Lipinski definition) is 7. The Balaban J connectivity index is 0.000000505.